The molecule has 3 rings (SSSR count). The van der Waals surface area contributed by atoms with Crippen molar-refractivity contribution in [3.63, 3.8) is 0 Å². The molecule has 30 heavy (non-hydrogen) atoms. The quantitative estimate of drug-likeness (QED) is 0.570. The molecule has 3 aromatic rings. The molecule has 1 N–H and O–H groups in total. The van der Waals surface area contributed by atoms with Crippen LogP contribution in [0.15, 0.2) is 41.1 Å². The van der Waals surface area contributed by atoms with Crippen LogP contribution >= 0.6 is 11.6 Å². The van der Waals surface area contributed by atoms with Crippen LogP contribution in [0.3, 0.4) is 0 Å². The van der Waals surface area contributed by atoms with Crippen molar-refractivity contribution >= 4 is 44.6 Å². The fourth-order valence-electron chi connectivity index (χ4n) is 2.60. The molecule has 0 amide bonds. The first-order chi connectivity index (χ1) is 14.1. The summed E-state index contributed by atoms with van der Waals surface area (Å²) in [6.07, 6.45) is 5.58. The SMILES string of the molecule is CCC(C)C(=O)O.Cc1noc(C)c1C=CCS(=O)(=O)n1ccc2cc(Cl)ccc21. The fourth-order valence-corrected chi connectivity index (χ4v) is 3.99. The lowest BCUT2D eigenvalue weighted by atomic mass is 10.1. The van der Waals surface area contributed by atoms with Crippen molar-refractivity contribution in [3.8, 4) is 0 Å². The molecule has 1 unspecified atom stereocenters. The van der Waals surface area contributed by atoms with E-state index in [1.165, 1.54) is 3.97 Å². The summed E-state index contributed by atoms with van der Waals surface area (Å²) >= 11 is 5.93. The van der Waals surface area contributed by atoms with Crippen LogP contribution < -0.4 is 0 Å². The van der Waals surface area contributed by atoms with Crippen molar-refractivity contribution in [3.05, 3.63) is 58.6 Å². The number of nitrogens with zero attached hydrogens (tertiary/aromatic N) is 2. The Morgan fingerprint density at radius 1 is 1.33 bits per heavy atom. The number of halogens is 1. The van der Waals surface area contributed by atoms with E-state index < -0.39 is 16.0 Å². The fraction of sp³-hybridized carbons (Fsp3) is 0.333. The largest absolute Gasteiger partial charge is 0.481 e. The van der Waals surface area contributed by atoms with Crippen LogP contribution in [-0.2, 0) is 14.8 Å². The van der Waals surface area contributed by atoms with E-state index in [9.17, 15) is 13.2 Å². The zero-order valence-corrected chi connectivity index (χ0v) is 18.9. The summed E-state index contributed by atoms with van der Waals surface area (Å²) in [5.74, 6) is -0.344. The van der Waals surface area contributed by atoms with Gasteiger partial charge in [-0.1, -0.05) is 42.8 Å². The molecule has 1 atom stereocenters. The molecule has 0 aliphatic carbocycles. The van der Waals surface area contributed by atoms with Crippen molar-refractivity contribution in [1.82, 2.24) is 9.13 Å². The van der Waals surface area contributed by atoms with Gasteiger partial charge in [0, 0.05) is 22.2 Å². The molecule has 9 heteroatoms. The van der Waals surface area contributed by atoms with E-state index in [4.69, 9.17) is 21.2 Å². The Morgan fingerprint density at radius 3 is 2.57 bits per heavy atom. The molecule has 0 spiro atoms. The van der Waals surface area contributed by atoms with Gasteiger partial charge >= 0.3 is 5.97 Å². The second kappa shape index (κ2) is 9.95. The number of hydrogen-bond acceptors (Lipinski definition) is 5. The maximum atomic E-state index is 12.5. The van der Waals surface area contributed by atoms with Crippen molar-refractivity contribution < 1.29 is 22.8 Å². The smallest absolute Gasteiger partial charge is 0.306 e. The Kier molecular flexibility index (Phi) is 7.86. The Labute approximate surface area is 181 Å². The Balaban J connectivity index is 0.000000396. The summed E-state index contributed by atoms with van der Waals surface area (Å²) in [7, 11) is -3.50. The van der Waals surface area contributed by atoms with Gasteiger partial charge in [0.1, 0.15) is 5.76 Å². The lowest BCUT2D eigenvalue weighted by Gasteiger charge is -2.05. The number of carboxylic acids is 1. The highest BCUT2D eigenvalue weighted by Gasteiger charge is 2.15. The summed E-state index contributed by atoms with van der Waals surface area (Å²) in [4.78, 5) is 9.93. The summed E-state index contributed by atoms with van der Waals surface area (Å²) in [6.45, 7) is 7.16. The van der Waals surface area contributed by atoms with E-state index in [2.05, 4.69) is 5.16 Å². The summed E-state index contributed by atoms with van der Waals surface area (Å²) in [5, 5.41) is 13.4. The lowest BCUT2D eigenvalue weighted by Crippen LogP contribution is -2.14. The van der Waals surface area contributed by atoms with Gasteiger partial charge in [0.2, 0.25) is 10.0 Å². The maximum Gasteiger partial charge on any atom is 0.306 e. The van der Waals surface area contributed by atoms with Crippen molar-refractivity contribution in [2.45, 2.75) is 34.1 Å². The van der Waals surface area contributed by atoms with Crippen LogP contribution in [0.4, 0.5) is 0 Å². The number of aliphatic carboxylic acids is 1. The second-order valence-corrected chi connectivity index (χ2v) is 9.21. The monoisotopic (exact) mass is 452 g/mol. The van der Waals surface area contributed by atoms with Gasteiger partial charge < -0.3 is 9.63 Å². The van der Waals surface area contributed by atoms with Crippen molar-refractivity contribution in [2.75, 3.05) is 5.75 Å². The molecule has 0 saturated carbocycles. The average Bonchev–Trinajstić information content (AvgIpc) is 3.25. The Hall–Kier alpha value is -2.58. The normalized spacial score (nSPS) is 12.7. The minimum Gasteiger partial charge on any atom is -0.481 e. The van der Waals surface area contributed by atoms with Gasteiger partial charge in [-0.25, -0.2) is 12.4 Å². The second-order valence-electron chi connectivity index (χ2n) is 6.88. The number of carboxylic acid groups (broad SMARTS) is 1. The number of fused-ring (bicyclic) bond motifs is 1. The number of aromatic nitrogens is 2. The standard InChI is InChI=1S/C16H15ClN2O3S.C5H10O2/c1-11-15(12(2)22-18-11)4-3-9-23(20,21)19-8-7-13-10-14(17)5-6-16(13)19;1-3-4(2)5(6)7/h3-8,10H,9H2,1-2H3;4H,3H2,1-2H3,(H,6,7). The first-order valence-corrected chi connectivity index (χ1v) is 11.4. The number of benzene rings is 1. The van der Waals surface area contributed by atoms with Gasteiger partial charge in [-0.05, 0) is 44.5 Å². The van der Waals surface area contributed by atoms with Crippen molar-refractivity contribution in [1.29, 1.82) is 0 Å². The minimum atomic E-state index is -3.50. The van der Waals surface area contributed by atoms with Crippen LogP contribution in [-0.4, -0.2) is 34.4 Å². The molecular formula is C21H25ClN2O5S. The molecule has 0 saturated heterocycles. The molecule has 0 aliphatic heterocycles. The number of hydrogen-bond donors (Lipinski definition) is 1. The third kappa shape index (κ3) is 5.73. The number of rotatable bonds is 6. The molecule has 0 aliphatic rings. The highest BCUT2D eigenvalue weighted by Crippen LogP contribution is 2.22. The average molecular weight is 453 g/mol. The van der Waals surface area contributed by atoms with E-state index in [1.807, 2.05) is 13.8 Å². The Bertz CT molecular complexity index is 1140. The van der Waals surface area contributed by atoms with Crippen LogP contribution in [0.1, 0.15) is 37.3 Å². The summed E-state index contributed by atoms with van der Waals surface area (Å²) < 4.78 is 31.4. The molecule has 2 heterocycles. The third-order valence-corrected chi connectivity index (χ3v) is 6.40. The molecule has 0 radical (unpaired) electrons. The molecule has 7 nitrogen and oxygen atoms in total. The van der Waals surface area contributed by atoms with Gasteiger partial charge in [-0.15, -0.1) is 0 Å². The summed E-state index contributed by atoms with van der Waals surface area (Å²) in [6, 6.07) is 6.85. The van der Waals surface area contributed by atoms with E-state index in [0.717, 1.165) is 23.1 Å². The maximum absolute atomic E-state index is 12.5. The molecule has 162 valence electrons. The van der Waals surface area contributed by atoms with Crippen molar-refractivity contribution in [2.24, 2.45) is 5.92 Å². The lowest BCUT2D eigenvalue weighted by molar-refractivity contribution is -0.141. The predicted molar refractivity (Wildman–Crippen MR) is 118 cm³/mol. The van der Waals surface area contributed by atoms with Gasteiger partial charge in [-0.2, -0.15) is 0 Å². The number of aryl methyl sites for hydroxylation is 2. The first kappa shape index (κ1) is 23.7. The predicted octanol–water partition coefficient (Wildman–Crippen LogP) is 4.91. The third-order valence-electron chi connectivity index (χ3n) is 4.63. The minimum absolute atomic E-state index is 0.122. The van der Waals surface area contributed by atoms with Crippen LogP contribution in [0, 0.1) is 19.8 Å². The zero-order valence-electron chi connectivity index (χ0n) is 17.3. The molecule has 1 aromatic carbocycles. The molecule has 0 bridgehead atoms. The van der Waals surface area contributed by atoms with Gasteiger partial charge in [0.15, 0.2) is 0 Å². The highest BCUT2D eigenvalue weighted by atomic mass is 35.5. The van der Waals surface area contributed by atoms with E-state index in [0.29, 0.717) is 16.3 Å². The van der Waals surface area contributed by atoms with Gasteiger partial charge in [0.25, 0.3) is 0 Å². The molecule has 0 fully saturated rings. The number of carbonyl (C=O) groups is 1. The van der Waals surface area contributed by atoms with E-state index >= 15 is 0 Å². The topological polar surface area (TPSA) is 102 Å². The first-order valence-electron chi connectivity index (χ1n) is 9.39. The Morgan fingerprint density at radius 2 is 2.03 bits per heavy atom. The zero-order chi connectivity index (χ0) is 22.5. The highest BCUT2D eigenvalue weighted by molar-refractivity contribution is 7.90. The van der Waals surface area contributed by atoms with Crippen LogP contribution in [0.5, 0.6) is 0 Å². The van der Waals surface area contributed by atoms with Gasteiger partial charge in [0.05, 0.1) is 22.9 Å². The molecule has 2 aromatic heterocycles. The summed E-state index contributed by atoms with van der Waals surface area (Å²) in [5.41, 5.74) is 2.15. The van der Waals surface area contributed by atoms with Crippen LogP contribution in [0.2, 0.25) is 5.02 Å². The van der Waals surface area contributed by atoms with Gasteiger partial charge in [-0.3, -0.25) is 4.79 Å². The molecular weight excluding hydrogens is 428 g/mol. The van der Waals surface area contributed by atoms with E-state index in [1.54, 1.807) is 56.5 Å². The van der Waals surface area contributed by atoms with E-state index in [-0.39, 0.29) is 11.7 Å². The van der Waals surface area contributed by atoms with Crippen LogP contribution in [0.25, 0.3) is 17.0 Å².